The highest BCUT2D eigenvalue weighted by atomic mass is 16.5. The average molecular weight is 258 g/mol. The number of morpholine rings is 1. The van der Waals surface area contributed by atoms with E-state index >= 15 is 0 Å². The van der Waals surface area contributed by atoms with Crippen molar-refractivity contribution in [1.29, 1.82) is 0 Å². The SMILES string of the molecule is CCC1CN(CCCC(N)(CC)C(=O)O)CCO1. The largest absolute Gasteiger partial charge is 0.480 e. The lowest BCUT2D eigenvalue weighted by molar-refractivity contribution is -0.143. The molecule has 2 atom stereocenters. The second kappa shape index (κ2) is 7.07. The molecule has 1 saturated heterocycles. The maximum Gasteiger partial charge on any atom is 0.323 e. The van der Waals surface area contributed by atoms with Gasteiger partial charge in [0.1, 0.15) is 5.54 Å². The van der Waals surface area contributed by atoms with Crippen LogP contribution < -0.4 is 5.73 Å². The predicted octanol–water partition coefficient (Wildman–Crippen LogP) is 1.07. The van der Waals surface area contributed by atoms with Gasteiger partial charge in [-0.25, -0.2) is 0 Å². The molecule has 0 bridgehead atoms. The molecule has 0 aromatic carbocycles. The topological polar surface area (TPSA) is 75.8 Å². The van der Waals surface area contributed by atoms with Crippen molar-refractivity contribution in [3.05, 3.63) is 0 Å². The summed E-state index contributed by atoms with van der Waals surface area (Å²) in [5.74, 6) is -0.890. The van der Waals surface area contributed by atoms with E-state index < -0.39 is 11.5 Å². The quantitative estimate of drug-likeness (QED) is 0.714. The minimum atomic E-state index is -1.06. The summed E-state index contributed by atoms with van der Waals surface area (Å²) in [6.45, 7) is 7.53. The van der Waals surface area contributed by atoms with E-state index in [-0.39, 0.29) is 0 Å². The highest BCUT2D eigenvalue weighted by molar-refractivity contribution is 5.78. The molecule has 5 heteroatoms. The number of nitrogens with two attached hydrogens (primary N) is 1. The van der Waals surface area contributed by atoms with Crippen LogP contribution in [0.25, 0.3) is 0 Å². The van der Waals surface area contributed by atoms with Gasteiger partial charge in [-0.2, -0.15) is 0 Å². The molecule has 3 N–H and O–H groups in total. The number of hydrogen-bond acceptors (Lipinski definition) is 4. The van der Waals surface area contributed by atoms with E-state index in [0.717, 1.165) is 39.1 Å². The Balaban J connectivity index is 2.30. The number of aliphatic carboxylic acids is 1. The lowest BCUT2D eigenvalue weighted by Gasteiger charge is -2.33. The first-order chi connectivity index (χ1) is 8.51. The number of carboxylic acid groups (broad SMARTS) is 1. The lowest BCUT2D eigenvalue weighted by atomic mass is 9.91. The van der Waals surface area contributed by atoms with Gasteiger partial charge in [-0.3, -0.25) is 9.69 Å². The molecule has 0 aromatic heterocycles. The zero-order valence-electron chi connectivity index (χ0n) is 11.5. The number of hydrogen-bond donors (Lipinski definition) is 2. The van der Waals surface area contributed by atoms with Crippen molar-refractivity contribution in [1.82, 2.24) is 4.90 Å². The Kier molecular flexibility index (Phi) is 6.05. The zero-order valence-corrected chi connectivity index (χ0v) is 11.5. The standard InChI is InChI=1S/C13H26N2O3/c1-3-11-10-15(8-9-18-11)7-5-6-13(14,4-2)12(16)17/h11H,3-10,14H2,1-2H3,(H,16,17). The maximum absolute atomic E-state index is 11.1. The number of carboxylic acids is 1. The molecule has 0 aromatic rings. The van der Waals surface area contributed by atoms with Crippen LogP contribution in [0, 0.1) is 0 Å². The van der Waals surface area contributed by atoms with Crippen LogP contribution in [0.2, 0.25) is 0 Å². The fraction of sp³-hybridized carbons (Fsp3) is 0.923. The van der Waals surface area contributed by atoms with Crippen molar-refractivity contribution < 1.29 is 14.6 Å². The Hall–Kier alpha value is -0.650. The molecular weight excluding hydrogens is 232 g/mol. The van der Waals surface area contributed by atoms with Crippen molar-refractivity contribution >= 4 is 5.97 Å². The number of nitrogens with zero attached hydrogens (tertiary/aromatic N) is 1. The van der Waals surface area contributed by atoms with Crippen molar-refractivity contribution in [2.45, 2.75) is 51.2 Å². The van der Waals surface area contributed by atoms with E-state index in [2.05, 4.69) is 11.8 Å². The van der Waals surface area contributed by atoms with Crippen LogP contribution in [0.15, 0.2) is 0 Å². The van der Waals surface area contributed by atoms with Gasteiger partial charge in [-0.05, 0) is 32.2 Å². The van der Waals surface area contributed by atoms with E-state index in [0.29, 0.717) is 18.9 Å². The fourth-order valence-corrected chi connectivity index (χ4v) is 2.28. The molecule has 1 fully saturated rings. The minimum absolute atomic E-state index is 0.326. The van der Waals surface area contributed by atoms with Crippen molar-refractivity contribution in [2.24, 2.45) is 5.73 Å². The third kappa shape index (κ3) is 4.23. The van der Waals surface area contributed by atoms with Gasteiger partial charge in [-0.1, -0.05) is 13.8 Å². The second-order valence-corrected chi connectivity index (χ2v) is 5.12. The van der Waals surface area contributed by atoms with E-state index in [4.69, 9.17) is 15.6 Å². The Morgan fingerprint density at radius 1 is 1.56 bits per heavy atom. The van der Waals surface area contributed by atoms with Crippen LogP contribution in [-0.2, 0) is 9.53 Å². The minimum Gasteiger partial charge on any atom is -0.480 e. The van der Waals surface area contributed by atoms with E-state index in [1.165, 1.54) is 0 Å². The molecule has 0 radical (unpaired) electrons. The molecule has 106 valence electrons. The Bertz CT molecular complexity index is 273. The molecule has 1 aliphatic rings. The first-order valence-corrected chi connectivity index (χ1v) is 6.88. The summed E-state index contributed by atoms with van der Waals surface area (Å²) in [5.41, 5.74) is 4.81. The predicted molar refractivity (Wildman–Crippen MR) is 70.6 cm³/mol. The summed E-state index contributed by atoms with van der Waals surface area (Å²) in [6.07, 6.45) is 3.19. The van der Waals surface area contributed by atoms with Gasteiger partial charge in [0, 0.05) is 13.1 Å². The number of ether oxygens (including phenoxy) is 1. The normalized spacial score (nSPS) is 24.7. The molecule has 1 rings (SSSR count). The highest BCUT2D eigenvalue weighted by Crippen LogP contribution is 2.16. The second-order valence-electron chi connectivity index (χ2n) is 5.12. The van der Waals surface area contributed by atoms with Gasteiger partial charge in [0.15, 0.2) is 0 Å². The van der Waals surface area contributed by atoms with Crippen molar-refractivity contribution in [3.63, 3.8) is 0 Å². The van der Waals surface area contributed by atoms with Gasteiger partial charge in [0.05, 0.1) is 12.7 Å². The van der Waals surface area contributed by atoms with Gasteiger partial charge in [-0.15, -0.1) is 0 Å². The molecule has 1 heterocycles. The Morgan fingerprint density at radius 2 is 2.28 bits per heavy atom. The fourth-order valence-electron chi connectivity index (χ4n) is 2.28. The highest BCUT2D eigenvalue weighted by Gasteiger charge is 2.31. The van der Waals surface area contributed by atoms with Crippen LogP contribution in [0.1, 0.15) is 39.5 Å². The summed E-state index contributed by atoms with van der Waals surface area (Å²) in [6, 6.07) is 0. The molecule has 0 saturated carbocycles. The van der Waals surface area contributed by atoms with Crippen LogP contribution >= 0.6 is 0 Å². The average Bonchev–Trinajstić information content (AvgIpc) is 2.38. The molecule has 18 heavy (non-hydrogen) atoms. The molecule has 1 aliphatic heterocycles. The van der Waals surface area contributed by atoms with E-state index in [1.807, 2.05) is 6.92 Å². The molecule has 0 spiro atoms. The summed E-state index contributed by atoms with van der Waals surface area (Å²) in [7, 11) is 0. The summed E-state index contributed by atoms with van der Waals surface area (Å²) < 4.78 is 5.60. The third-order valence-corrected chi connectivity index (χ3v) is 3.83. The van der Waals surface area contributed by atoms with Crippen LogP contribution in [0.3, 0.4) is 0 Å². The third-order valence-electron chi connectivity index (χ3n) is 3.83. The molecule has 2 unspecified atom stereocenters. The van der Waals surface area contributed by atoms with Crippen LogP contribution in [0.4, 0.5) is 0 Å². The maximum atomic E-state index is 11.1. The number of carbonyl (C=O) groups is 1. The summed E-state index contributed by atoms with van der Waals surface area (Å²) in [5, 5.41) is 9.09. The summed E-state index contributed by atoms with van der Waals surface area (Å²) >= 11 is 0. The first kappa shape index (κ1) is 15.4. The van der Waals surface area contributed by atoms with E-state index in [9.17, 15) is 4.79 Å². The zero-order chi connectivity index (χ0) is 13.6. The van der Waals surface area contributed by atoms with Crippen molar-refractivity contribution in [3.8, 4) is 0 Å². The van der Waals surface area contributed by atoms with E-state index in [1.54, 1.807) is 0 Å². The first-order valence-electron chi connectivity index (χ1n) is 6.88. The molecule has 5 nitrogen and oxygen atoms in total. The van der Waals surface area contributed by atoms with Crippen molar-refractivity contribution in [2.75, 3.05) is 26.2 Å². The molecule has 0 amide bonds. The van der Waals surface area contributed by atoms with Gasteiger partial charge >= 0.3 is 5.97 Å². The molecular formula is C13H26N2O3. The lowest BCUT2D eigenvalue weighted by Crippen LogP contribution is -2.48. The smallest absolute Gasteiger partial charge is 0.323 e. The molecule has 0 aliphatic carbocycles. The van der Waals surface area contributed by atoms with Crippen LogP contribution in [0.5, 0.6) is 0 Å². The van der Waals surface area contributed by atoms with Gasteiger partial charge < -0.3 is 15.6 Å². The van der Waals surface area contributed by atoms with Gasteiger partial charge in [0.25, 0.3) is 0 Å². The summed E-state index contributed by atoms with van der Waals surface area (Å²) in [4.78, 5) is 13.4. The van der Waals surface area contributed by atoms with Crippen LogP contribution in [-0.4, -0.2) is 53.9 Å². The monoisotopic (exact) mass is 258 g/mol. The Labute approximate surface area is 109 Å². The van der Waals surface area contributed by atoms with Gasteiger partial charge in [0.2, 0.25) is 0 Å². The number of rotatable bonds is 7. The Morgan fingerprint density at radius 3 is 2.83 bits per heavy atom.